The van der Waals surface area contributed by atoms with Crippen molar-refractivity contribution in [3.63, 3.8) is 0 Å². The van der Waals surface area contributed by atoms with E-state index in [-0.39, 0.29) is 36.4 Å². The van der Waals surface area contributed by atoms with Crippen molar-refractivity contribution in [2.24, 2.45) is 5.41 Å². The molecule has 0 unspecified atom stereocenters. The number of aliphatic hydroxyl groups is 1. The van der Waals surface area contributed by atoms with Gasteiger partial charge in [-0.25, -0.2) is 4.79 Å². The summed E-state index contributed by atoms with van der Waals surface area (Å²) in [6, 6.07) is 3.56. The van der Waals surface area contributed by atoms with Gasteiger partial charge in [0.2, 0.25) is 17.7 Å². The van der Waals surface area contributed by atoms with Crippen LogP contribution in [-0.4, -0.2) is 99.3 Å². The third kappa shape index (κ3) is 12.1. The molecule has 15 nitrogen and oxygen atoms in total. The quantitative estimate of drug-likeness (QED) is 0.0872. The summed E-state index contributed by atoms with van der Waals surface area (Å²) in [4.78, 5) is 73.9. The molecule has 4 amide bonds. The molecule has 0 saturated carbocycles. The van der Waals surface area contributed by atoms with Crippen molar-refractivity contribution >= 4 is 57.6 Å². The lowest BCUT2D eigenvalue weighted by molar-refractivity contribution is -0.156. The Morgan fingerprint density at radius 2 is 1.77 bits per heavy atom. The van der Waals surface area contributed by atoms with Gasteiger partial charge >= 0.3 is 11.9 Å². The van der Waals surface area contributed by atoms with Gasteiger partial charge in [0.05, 0.1) is 13.0 Å². The third-order valence-electron chi connectivity index (χ3n) is 6.36. The average Bonchev–Trinajstić information content (AvgIpc) is 3.35. The van der Waals surface area contributed by atoms with Crippen LogP contribution in [0.5, 0.6) is 5.75 Å². The van der Waals surface area contributed by atoms with Crippen molar-refractivity contribution in [1.29, 1.82) is 0 Å². The van der Waals surface area contributed by atoms with Crippen LogP contribution in [0, 0.1) is 5.41 Å². The molecule has 16 heteroatoms. The lowest BCUT2D eigenvalue weighted by Gasteiger charge is -2.29. The van der Waals surface area contributed by atoms with E-state index in [1.807, 2.05) is 6.20 Å². The molecule has 1 heterocycles. The first-order valence-electron chi connectivity index (χ1n) is 13.8. The summed E-state index contributed by atoms with van der Waals surface area (Å²) >= 11 is 1.01. The molecule has 242 valence electrons. The van der Waals surface area contributed by atoms with E-state index in [1.165, 1.54) is 13.8 Å². The fraction of sp³-hybridized carbons (Fsp3) is 0.500. The minimum atomic E-state index is -1.61. The number of hydrogen-bond acceptors (Lipinski definition) is 10. The molecular formula is C28H39N5O10S. The SMILES string of the molecule is CC(=O)N[C@@H](CC(=O)OCC(C)(C)[C@@H](O)C(=O)NCCC(=O)NCCSC(=O)NCCc1c[nH]c2ccc(O)cc12)C(=O)O. The Kier molecular flexibility index (Phi) is 13.9. The number of nitrogens with one attached hydrogen (secondary N) is 5. The lowest BCUT2D eigenvalue weighted by Crippen LogP contribution is -2.47. The number of esters is 1. The summed E-state index contributed by atoms with van der Waals surface area (Å²) in [7, 11) is 0. The number of benzene rings is 1. The predicted octanol–water partition coefficient (Wildman–Crippen LogP) is 0.391. The Bertz CT molecular complexity index is 1350. The van der Waals surface area contributed by atoms with Gasteiger partial charge in [0.15, 0.2) is 0 Å². The number of carboxylic acid groups (broad SMARTS) is 1. The molecule has 0 aliphatic rings. The molecule has 0 aliphatic carbocycles. The zero-order chi connectivity index (χ0) is 32.9. The molecular weight excluding hydrogens is 598 g/mol. The van der Waals surface area contributed by atoms with Gasteiger partial charge < -0.3 is 46.3 Å². The summed E-state index contributed by atoms with van der Waals surface area (Å²) in [5.41, 5.74) is 0.610. The molecule has 0 radical (unpaired) electrons. The number of phenolic OH excluding ortho intramolecular Hbond substituents is 1. The maximum Gasteiger partial charge on any atom is 0.326 e. The highest BCUT2D eigenvalue weighted by molar-refractivity contribution is 8.13. The van der Waals surface area contributed by atoms with Crippen LogP contribution in [0.25, 0.3) is 10.9 Å². The number of hydrogen-bond donors (Lipinski definition) is 8. The van der Waals surface area contributed by atoms with E-state index in [1.54, 1.807) is 18.2 Å². The number of carbonyl (C=O) groups is 6. The van der Waals surface area contributed by atoms with Gasteiger partial charge in [0.25, 0.3) is 5.24 Å². The largest absolute Gasteiger partial charge is 0.508 e. The number of aromatic hydroxyl groups is 1. The highest BCUT2D eigenvalue weighted by Gasteiger charge is 2.35. The van der Waals surface area contributed by atoms with Crippen LogP contribution in [0.15, 0.2) is 24.4 Å². The molecule has 2 atom stereocenters. The van der Waals surface area contributed by atoms with Crippen LogP contribution >= 0.6 is 11.8 Å². The normalized spacial score (nSPS) is 12.5. The number of thioether (sulfide) groups is 1. The van der Waals surface area contributed by atoms with Crippen LogP contribution in [-0.2, 0) is 35.1 Å². The molecule has 8 N–H and O–H groups in total. The van der Waals surface area contributed by atoms with Crippen molar-refractivity contribution in [3.8, 4) is 5.75 Å². The van der Waals surface area contributed by atoms with E-state index < -0.39 is 54.3 Å². The number of aliphatic hydroxyl groups excluding tert-OH is 1. The van der Waals surface area contributed by atoms with Crippen LogP contribution < -0.4 is 21.3 Å². The molecule has 1 aromatic carbocycles. The molecule has 0 aliphatic heterocycles. The zero-order valence-electron chi connectivity index (χ0n) is 24.7. The van der Waals surface area contributed by atoms with Crippen molar-refractivity contribution in [2.45, 2.75) is 52.2 Å². The van der Waals surface area contributed by atoms with E-state index >= 15 is 0 Å². The van der Waals surface area contributed by atoms with Gasteiger partial charge in [0, 0.05) is 61.2 Å². The molecule has 44 heavy (non-hydrogen) atoms. The number of rotatable bonds is 17. The smallest absolute Gasteiger partial charge is 0.326 e. The highest BCUT2D eigenvalue weighted by Crippen LogP contribution is 2.23. The topological polar surface area (TPSA) is 236 Å². The number of H-pyrrole nitrogens is 1. The second kappa shape index (κ2) is 17.1. The number of aromatic amines is 1. The number of fused-ring (bicyclic) bond motifs is 1. The fourth-order valence-corrected chi connectivity index (χ4v) is 4.51. The molecule has 2 aromatic rings. The second-order valence-corrected chi connectivity index (χ2v) is 11.7. The second-order valence-electron chi connectivity index (χ2n) is 10.6. The zero-order valence-corrected chi connectivity index (χ0v) is 25.5. The Balaban J connectivity index is 1.59. The van der Waals surface area contributed by atoms with Gasteiger partial charge in [-0.15, -0.1) is 0 Å². The minimum Gasteiger partial charge on any atom is -0.508 e. The first-order chi connectivity index (χ1) is 20.7. The fourth-order valence-electron chi connectivity index (χ4n) is 3.91. The Labute approximate surface area is 257 Å². The molecule has 0 fully saturated rings. The van der Waals surface area contributed by atoms with Gasteiger partial charge in [0.1, 0.15) is 17.9 Å². The molecule has 0 saturated heterocycles. The molecule has 2 rings (SSSR count). The van der Waals surface area contributed by atoms with Crippen molar-refractivity contribution in [2.75, 3.05) is 32.0 Å². The van der Waals surface area contributed by atoms with E-state index in [9.17, 15) is 39.0 Å². The summed E-state index contributed by atoms with van der Waals surface area (Å²) < 4.78 is 5.01. The molecule has 0 bridgehead atoms. The summed E-state index contributed by atoms with van der Waals surface area (Å²) in [6.07, 6.45) is 0.0813. The highest BCUT2D eigenvalue weighted by atomic mass is 32.2. The Hall–Kier alpha value is -4.31. The maximum atomic E-state index is 12.4. The Morgan fingerprint density at radius 3 is 2.45 bits per heavy atom. The first-order valence-corrected chi connectivity index (χ1v) is 14.8. The van der Waals surface area contributed by atoms with E-state index in [2.05, 4.69) is 26.3 Å². The van der Waals surface area contributed by atoms with Crippen molar-refractivity contribution < 1.29 is 48.8 Å². The number of carboxylic acids is 1. The van der Waals surface area contributed by atoms with Gasteiger partial charge in [-0.2, -0.15) is 0 Å². The van der Waals surface area contributed by atoms with Gasteiger partial charge in [-0.05, 0) is 30.2 Å². The van der Waals surface area contributed by atoms with Gasteiger partial charge in [-0.3, -0.25) is 24.0 Å². The number of carbonyl (C=O) groups excluding carboxylic acids is 5. The summed E-state index contributed by atoms with van der Waals surface area (Å²) in [6.45, 7) is 4.16. The number of ether oxygens (including phenoxy) is 1. The van der Waals surface area contributed by atoms with Crippen molar-refractivity contribution in [1.82, 2.24) is 26.3 Å². The summed E-state index contributed by atoms with van der Waals surface area (Å²) in [5.74, 6) is -3.66. The molecule has 0 spiro atoms. The molecule has 1 aromatic heterocycles. The number of aliphatic carboxylic acids is 1. The van der Waals surface area contributed by atoms with Crippen LogP contribution in [0.3, 0.4) is 0 Å². The minimum absolute atomic E-state index is 0.0756. The number of phenols is 1. The Morgan fingerprint density at radius 1 is 1.05 bits per heavy atom. The predicted molar refractivity (Wildman–Crippen MR) is 161 cm³/mol. The van der Waals surface area contributed by atoms with E-state index in [4.69, 9.17) is 9.84 Å². The first kappa shape index (κ1) is 35.9. The third-order valence-corrected chi connectivity index (χ3v) is 7.18. The number of aromatic nitrogens is 1. The van der Waals surface area contributed by atoms with Crippen LogP contribution in [0.1, 0.15) is 39.2 Å². The van der Waals surface area contributed by atoms with E-state index in [0.29, 0.717) is 18.7 Å². The lowest BCUT2D eigenvalue weighted by atomic mass is 9.87. The summed E-state index contributed by atoms with van der Waals surface area (Å²) in [5, 5.41) is 39.8. The van der Waals surface area contributed by atoms with Crippen LogP contribution in [0.4, 0.5) is 4.79 Å². The standard InChI is InChI=1S/C28H39N5O10S/c1-16(34)33-21(26(40)41)13-23(37)43-15-28(2,3)24(38)25(39)30-9-7-22(36)29-10-11-44-27(42)31-8-6-17-14-32-20-5-4-18(35)12-19(17)20/h4-5,12,14,21,24,32,35,38H,6-11,13,15H2,1-3H3,(H,29,36)(H,30,39)(H,31,42)(H,33,34)(H,40,41)/t21-,24-/m0/s1. The van der Waals surface area contributed by atoms with E-state index in [0.717, 1.165) is 35.2 Å². The maximum absolute atomic E-state index is 12.4. The van der Waals surface area contributed by atoms with Crippen molar-refractivity contribution in [3.05, 3.63) is 30.0 Å². The monoisotopic (exact) mass is 637 g/mol. The average molecular weight is 638 g/mol. The van der Waals surface area contributed by atoms with Gasteiger partial charge in [-0.1, -0.05) is 25.6 Å². The van der Waals surface area contributed by atoms with Crippen LogP contribution in [0.2, 0.25) is 0 Å². The number of amides is 4.